The number of alkyl carbamates (subject to hydrolysis) is 1. The molecule has 1 atom stereocenters. The second kappa shape index (κ2) is 6.75. The number of carbonyl (C=O) groups excluding carboxylic acids is 2. The number of hydrogen-bond acceptors (Lipinski definition) is 6. The van der Waals surface area contributed by atoms with Gasteiger partial charge in [0.15, 0.2) is 5.65 Å². The fraction of sp³-hybridized carbons (Fsp3) is 0.400. The van der Waals surface area contributed by atoms with Crippen molar-refractivity contribution < 1.29 is 24.2 Å². The second-order valence-electron chi connectivity index (χ2n) is 6.36. The molecule has 2 heterocycles. The fourth-order valence-electron chi connectivity index (χ4n) is 2.01. The molecule has 2 rings (SSSR count). The number of nitrogens with one attached hydrogen (secondary N) is 1. The number of aromatic nitrogens is 3. The van der Waals surface area contributed by atoms with Crippen LogP contribution in [-0.2, 0) is 16.0 Å². The molecule has 0 saturated carbocycles. The first-order chi connectivity index (χ1) is 11.5. The van der Waals surface area contributed by atoms with Gasteiger partial charge in [0, 0.05) is 6.42 Å². The van der Waals surface area contributed by atoms with E-state index in [4.69, 9.17) is 10.5 Å². The number of ether oxygens (including phenoxy) is 1. The quantitative estimate of drug-likeness (QED) is 0.705. The topological polar surface area (TPSA) is 149 Å². The number of imidazole rings is 1. The normalized spacial score (nSPS) is 12.6. The molecule has 0 radical (unpaired) electrons. The van der Waals surface area contributed by atoms with Gasteiger partial charge in [-0.1, -0.05) is 0 Å². The van der Waals surface area contributed by atoms with E-state index in [1.54, 1.807) is 32.9 Å². The van der Waals surface area contributed by atoms with E-state index in [1.807, 2.05) is 0 Å². The maximum atomic E-state index is 11.8. The molecule has 0 aromatic carbocycles. The molecule has 10 nitrogen and oxygen atoms in total. The molecule has 2 aromatic rings. The summed E-state index contributed by atoms with van der Waals surface area (Å²) in [6.45, 7) is 5.02. The van der Waals surface area contributed by atoms with Crippen LogP contribution in [0.5, 0.6) is 0 Å². The highest BCUT2D eigenvalue weighted by Gasteiger charge is 2.25. The molecule has 0 fully saturated rings. The molecule has 0 aliphatic heterocycles. The summed E-state index contributed by atoms with van der Waals surface area (Å²) in [6.07, 6.45) is 0.437. The van der Waals surface area contributed by atoms with E-state index >= 15 is 0 Å². The molecule has 0 spiro atoms. The number of nitrogens with zero attached hydrogens (tertiary/aromatic N) is 3. The summed E-state index contributed by atoms with van der Waals surface area (Å²) in [7, 11) is 0. The summed E-state index contributed by atoms with van der Waals surface area (Å²) in [5, 5.41) is 15.8. The number of carboxylic acid groups (broad SMARTS) is 1. The predicted octanol–water partition coefficient (Wildman–Crippen LogP) is 0.349. The third-order valence-electron chi connectivity index (χ3n) is 3.03. The number of hydrogen-bond donors (Lipinski definition) is 3. The van der Waals surface area contributed by atoms with Crippen LogP contribution >= 0.6 is 0 Å². The Morgan fingerprint density at radius 3 is 2.60 bits per heavy atom. The van der Waals surface area contributed by atoms with Gasteiger partial charge >= 0.3 is 12.1 Å². The van der Waals surface area contributed by atoms with E-state index in [-0.39, 0.29) is 12.1 Å². The first-order valence-electron chi connectivity index (χ1n) is 7.42. The summed E-state index contributed by atoms with van der Waals surface area (Å²) in [6, 6.07) is 1.90. The lowest BCUT2D eigenvalue weighted by molar-refractivity contribution is -0.139. The highest BCUT2D eigenvalue weighted by molar-refractivity contribution is 5.91. The van der Waals surface area contributed by atoms with Gasteiger partial charge < -0.3 is 20.9 Å². The molecular formula is C15H19N5O5. The molecule has 4 N–H and O–H groups in total. The SMILES string of the molecule is CC(C)(C)OC(=O)N[C@@H](Cc1ccc2nc(C(N)=O)cn2n1)C(=O)O. The Bertz CT molecular complexity index is 823. The van der Waals surface area contributed by atoms with E-state index in [2.05, 4.69) is 15.4 Å². The lowest BCUT2D eigenvalue weighted by Crippen LogP contribution is -2.44. The standard InChI is InChI=1S/C15H19N5O5/c1-15(2,3)25-14(24)18-9(13(22)23)6-8-4-5-11-17-10(12(16)21)7-20(11)19-8/h4-5,7,9H,6H2,1-3H3,(H2,16,21)(H,18,24)(H,22,23)/t9-/m0/s1. The van der Waals surface area contributed by atoms with E-state index in [0.29, 0.717) is 11.3 Å². The number of aliphatic carboxylic acids is 1. The predicted molar refractivity (Wildman–Crippen MR) is 86.0 cm³/mol. The van der Waals surface area contributed by atoms with E-state index in [0.717, 1.165) is 0 Å². The van der Waals surface area contributed by atoms with Gasteiger partial charge in [0.2, 0.25) is 0 Å². The Morgan fingerprint density at radius 2 is 2.04 bits per heavy atom. The van der Waals surface area contributed by atoms with Crippen LogP contribution in [0.25, 0.3) is 5.65 Å². The summed E-state index contributed by atoms with van der Waals surface area (Å²) in [5.74, 6) is -1.92. The Kier molecular flexibility index (Phi) is 4.91. The highest BCUT2D eigenvalue weighted by atomic mass is 16.6. The van der Waals surface area contributed by atoms with Gasteiger partial charge in [-0.2, -0.15) is 5.10 Å². The van der Waals surface area contributed by atoms with Crippen molar-refractivity contribution in [3.8, 4) is 0 Å². The molecule has 0 aliphatic carbocycles. The molecule has 0 saturated heterocycles. The molecule has 10 heteroatoms. The molecule has 0 unspecified atom stereocenters. The summed E-state index contributed by atoms with van der Waals surface area (Å²) >= 11 is 0. The monoisotopic (exact) mass is 349 g/mol. The number of amides is 2. The average molecular weight is 349 g/mol. The maximum Gasteiger partial charge on any atom is 0.408 e. The largest absolute Gasteiger partial charge is 0.480 e. The Hall–Kier alpha value is -3.17. The van der Waals surface area contributed by atoms with E-state index in [9.17, 15) is 19.5 Å². The van der Waals surface area contributed by atoms with Crippen molar-refractivity contribution in [2.24, 2.45) is 5.73 Å². The van der Waals surface area contributed by atoms with Crippen molar-refractivity contribution in [3.63, 3.8) is 0 Å². The molecule has 2 amide bonds. The van der Waals surface area contributed by atoms with Crippen molar-refractivity contribution in [2.45, 2.75) is 38.8 Å². The number of nitrogens with two attached hydrogens (primary N) is 1. The molecule has 25 heavy (non-hydrogen) atoms. The van der Waals surface area contributed by atoms with Gasteiger partial charge in [0.1, 0.15) is 17.3 Å². The van der Waals surface area contributed by atoms with Crippen molar-refractivity contribution >= 4 is 23.6 Å². The minimum atomic E-state index is -1.23. The van der Waals surface area contributed by atoms with Crippen LogP contribution in [0.3, 0.4) is 0 Å². The van der Waals surface area contributed by atoms with Gasteiger partial charge in [0.05, 0.1) is 11.9 Å². The Balaban J connectivity index is 2.16. The van der Waals surface area contributed by atoms with Crippen LogP contribution in [0.4, 0.5) is 4.79 Å². The number of primary amides is 1. The number of fused-ring (bicyclic) bond motifs is 1. The van der Waals surface area contributed by atoms with Crippen LogP contribution in [0, 0.1) is 0 Å². The lowest BCUT2D eigenvalue weighted by Gasteiger charge is -2.21. The first kappa shape index (κ1) is 18.2. The lowest BCUT2D eigenvalue weighted by atomic mass is 10.1. The third kappa shape index (κ3) is 4.90. The Morgan fingerprint density at radius 1 is 1.36 bits per heavy atom. The summed E-state index contributed by atoms with van der Waals surface area (Å²) < 4.78 is 6.38. The minimum Gasteiger partial charge on any atom is -0.480 e. The molecule has 0 bridgehead atoms. The Labute approximate surface area is 143 Å². The fourth-order valence-corrected chi connectivity index (χ4v) is 2.01. The van der Waals surface area contributed by atoms with Crippen LogP contribution in [0.2, 0.25) is 0 Å². The maximum absolute atomic E-state index is 11.8. The molecule has 2 aromatic heterocycles. The van der Waals surface area contributed by atoms with Crippen molar-refractivity contribution in [1.82, 2.24) is 19.9 Å². The van der Waals surface area contributed by atoms with Crippen molar-refractivity contribution in [2.75, 3.05) is 0 Å². The zero-order chi connectivity index (χ0) is 18.8. The van der Waals surface area contributed by atoms with Crippen LogP contribution in [0.1, 0.15) is 37.0 Å². The smallest absolute Gasteiger partial charge is 0.408 e. The molecular weight excluding hydrogens is 330 g/mol. The van der Waals surface area contributed by atoms with Crippen LogP contribution in [0.15, 0.2) is 18.3 Å². The van der Waals surface area contributed by atoms with Gasteiger partial charge in [-0.15, -0.1) is 0 Å². The summed E-state index contributed by atoms with van der Waals surface area (Å²) in [5.41, 5.74) is 5.24. The highest BCUT2D eigenvalue weighted by Crippen LogP contribution is 2.09. The van der Waals surface area contributed by atoms with Crippen molar-refractivity contribution in [1.29, 1.82) is 0 Å². The van der Waals surface area contributed by atoms with Gasteiger partial charge in [0.25, 0.3) is 5.91 Å². The van der Waals surface area contributed by atoms with E-state index < -0.39 is 29.6 Å². The third-order valence-corrected chi connectivity index (χ3v) is 3.03. The summed E-state index contributed by atoms with van der Waals surface area (Å²) in [4.78, 5) is 38.3. The van der Waals surface area contributed by atoms with Gasteiger partial charge in [-0.05, 0) is 32.9 Å². The number of rotatable bonds is 5. The van der Waals surface area contributed by atoms with Crippen molar-refractivity contribution in [3.05, 3.63) is 29.7 Å². The minimum absolute atomic E-state index is 0.0475. The van der Waals surface area contributed by atoms with Crippen LogP contribution < -0.4 is 11.1 Å². The average Bonchev–Trinajstić information content (AvgIpc) is 2.87. The van der Waals surface area contributed by atoms with Gasteiger partial charge in [-0.3, -0.25) is 4.79 Å². The number of carbonyl (C=O) groups is 3. The van der Waals surface area contributed by atoms with Gasteiger partial charge in [-0.25, -0.2) is 19.1 Å². The first-order valence-corrected chi connectivity index (χ1v) is 7.42. The molecule has 0 aliphatic rings. The van der Waals surface area contributed by atoms with E-state index in [1.165, 1.54) is 10.7 Å². The second-order valence-corrected chi connectivity index (χ2v) is 6.36. The van der Waals surface area contributed by atoms with Crippen LogP contribution in [-0.4, -0.2) is 49.3 Å². The molecule has 134 valence electrons. The number of carboxylic acids is 1. The zero-order valence-electron chi connectivity index (χ0n) is 14.0. The zero-order valence-corrected chi connectivity index (χ0v) is 14.0.